The van der Waals surface area contributed by atoms with Crippen LogP contribution in [0.3, 0.4) is 0 Å². The van der Waals surface area contributed by atoms with Gasteiger partial charge in [0.25, 0.3) is 0 Å². The van der Waals surface area contributed by atoms with Crippen LogP contribution >= 0.6 is 0 Å². The Hall–Kier alpha value is -1.59. The Morgan fingerprint density at radius 3 is 2.71 bits per heavy atom. The summed E-state index contributed by atoms with van der Waals surface area (Å²) in [5.41, 5.74) is 3.31. The number of morpholine rings is 1. The first-order chi connectivity index (χ1) is 10.3. The number of methoxy groups -OCH3 is 1. The standard InChI is InChI=1S/C16H22N2O3/c1-20-12-13-11-14(18-6-2-3-16(18)19)4-5-15(13)17-7-9-21-10-8-17/h4-5,11H,2-3,6-10,12H2,1H3. The first-order valence-corrected chi connectivity index (χ1v) is 7.54. The van der Waals surface area contributed by atoms with Gasteiger partial charge in [-0.3, -0.25) is 4.79 Å². The zero-order chi connectivity index (χ0) is 14.7. The number of carbonyl (C=O) groups is 1. The van der Waals surface area contributed by atoms with E-state index in [4.69, 9.17) is 9.47 Å². The molecule has 0 aromatic heterocycles. The second-order valence-corrected chi connectivity index (χ2v) is 5.49. The number of anilines is 2. The smallest absolute Gasteiger partial charge is 0.227 e. The maximum atomic E-state index is 11.9. The summed E-state index contributed by atoms with van der Waals surface area (Å²) in [4.78, 5) is 16.1. The summed E-state index contributed by atoms with van der Waals surface area (Å²) < 4.78 is 10.8. The SMILES string of the molecule is COCc1cc(N2CCCC2=O)ccc1N1CCOCC1. The topological polar surface area (TPSA) is 42.0 Å². The van der Waals surface area contributed by atoms with Crippen LogP contribution in [0.1, 0.15) is 18.4 Å². The zero-order valence-corrected chi connectivity index (χ0v) is 12.5. The van der Waals surface area contributed by atoms with Crippen molar-refractivity contribution in [2.24, 2.45) is 0 Å². The molecule has 2 fully saturated rings. The summed E-state index contributed by atoms with van der Waals surface area (Å²) in [5, 5.41) is 0. The van der Waals surface area contributed by atoms with E-state index in [1.54, 1.807) is 7.11 Å². The van der Waals surface area contributed by atoms with Crippen molar-refractivity contribution < 1.29 is 14.3 Å². The van der Waals surface area contributed by atoms with Gasteiger partial charge in [0.05, 0.1) is 19.8 Å². The maximum Gasteiger partial charge on any atom is 0.227 e. The molecule has 0 radical (unpaired) electrons. The van der Waals surface area contributed by atoms with E-state index in [0.717, 1.165) is 50.5 Å². The first kappa shape index (κ1) is 14.4. The monoisotopic (exact) mass is 290 g/mol. The van der Waals surface area contributed by atoms with Crippen LogP contribution in [0.2, 0.25) is 0 Å². The van der Waals surface area contributed by atoms with Crippen molar-refractivity contribution in [2.45, 2.75) is 19.4 Å². The molecule has 1 aromatic carbocycles. The van der Waals surface area contributed by atoms with Gasteiger partial charge in [0.1, 0.15) is 0 Å². The quantitative estimate of drug-likeness (QED) is 0.848. The highest BCUT2D eigenvalue weighted by Crippen LogP contribution is 2.29. The molecule has 1 amide bonds. The van der Waals surface area contributed by atoms with Gasteiger partial charge in [-0.2, -0.15) is 0 Å². The molecule has 0 aliphatic carbocycles. The molecule has 0 atom stereocenters. The highest BCUT2D eigenvalue weighted by Gasteiger charge is 2.23. The third kappa shape index (κ3) is 3.04. The van der Waals surface area contributed by atoms with Gasteiger partial charge in [0, 0.05) is 50.1 Å². The molecule has 0 N–H and O–H groups in total. The molecule has 5 heteroatoms. The molecule has 0 bridgehead atoms. The number of hydrogen-bond donors (Lipinski definition) is 0. The lowest BCUT2D eigenvalue weighted by Gasteiger charge is -2.31. The number of carbonyl (C=O) groups excluding carboxylic acids is 1. The lowest BCUT2D eigenvalue weighted by atomic mass is 10.1. The predicted octanol–water partition coefficient (Wildman–Crippen LogP) is 1.80. The van der Waals surface area contributed by atoms with Gasteiger partial charge in [0.2, 0.25) is 5.91 Å². The molecule has 114 valence electrons. The van der Waals surface area contributed by atoms with E-state index < -0.39 is 0 Å². The van der Waals surface area contributed by atoms with Crippen LogP contribution in [0.25, 0.3) is 0 Å². The van der Waals surface area contributed by atoms with Crippen molar-refractivity contribution in [3.63, 3.8) is 0 Å². The summed E-state index contributed by atoms with van der Waals surface area (Å²) in [5.74, 6) is 0.220. The van der Waals surface area contributed by atoms with Crippen LogP contribution in [0.4, 0.5) is 11.4 Å². The normalized spacial score (nSPS) is 19.4. The van der Waals surface area contributed by atoms with E-state index in [-0.39, 0.29) is 5.91 Å². The first-order valence-electron chi connectivity index (χ1n) is 7.54. The molecule has 2 aliphatic rings. The van der Waals surface area contributed by atoms with Crippen LogP contribution in [-0.4, -0.2) is 45.9 Å². The zero-order valence-electron chi connectivity index (χ0n) is 12.5. The Morgan fingerprint density at radius 2 is 2.05 bits per heavy atom. The van der Waals surface area contributed by atoms with Crippen molar-refractivity contribution in [2.75, 3.05) is 49.8 Å². The lowest BCUT2D eigenvalue weighted by molar-refractivity contribution is -0.117. The fourth-order valence-corrected chi connectivity index (χ4v) is 3.04. The maximum absolute atomic E-state index is 11.9. The van der Waals surface area contributed by atoms with E-state index in [1.807, 2.05) is 11.0 Å². The van der Waals surface area contributed by atoms with Gasteiger partial charge in [-0.05, 0) is 24.6 Å². The van der Waals surface area contributed by atoms with E-state index >= 15 is 0 Å². The molecular weight excluding hydrogens is 268 g/mol. The van der Waals surface area contributed by atoms with Crippen molar-refractivity contribution in [1.82, 2.24) is 0 Å². The number of nitrogens with zero attached hydrogens (tertiary/aromatic N) is 2. The van der Waals surface area contributed by atoms with E-state index in [1.165, 1.54) is 5.69 Å². The van der Waals surface area contributed by atoms with Crippen molar-refractivity contribution >= 4 is 17.3 Å². The van der Waals surface area contributed by atoms with Crippen molar-refractivity contribution in [1.29, 1.82) is 0 Å². The van der Waals surface area contributed by atoms with Crippen LogP contribution in [-0.2, 0) is 20.9 Å². The lowest BCUT2D eigenvalue weighted by Crippen LogP contribution is -2.37. The average molecular weight is 290 g/mol. The fraction of sp³-hybridized carbons (Fsp3) is 0.562. The minimum atomic E-state index is 0.220. The van der Waals surface area contributed by atoms with Crippen LogP contribution in [0, 0.1) is 0 Å². The Kier molecular flexibility index (Phi) is 4.41. The summed E-state index contributed by atoms with van der Waals surface area (Å²) in [6, 6.07) is 6.26. The molecule has 21 heavy (non-hydrogen) atoms. The van der Waals surface area contributed by atoms with Gasteiger partial charge >= 0.3 is 0 Å². The molecule has 1 aromatic rings. The van der Waals surface area contributed by atoms with Crippen molar-refractivity contribution in [3.8, 4) is 0 Å². The van der Waals surface area contributed by atoms with Crippen molar-refractivity contribution in [3.05, 3.63) is 23.8 Å². The summed E-state index contributed by atoms with van der Waals surface area (Å²) in [7, 11) is 1.71. The fourth-order valence-electron chi connectivity index (χ4n) is 3.04. The molecule has 2 saturated heterocycles. The Balaban J connectivity index is 1.88. The molecule has 3 rings (SSSR count). The number of hydrogen-bond acceptors (Lipinski definition) is 4. The summed E-state index contributed by atoms with van der Waals surface area (Å²) >= 11 is 0. The van der Waals surface area contributed by atoms with Gasteiger partial charge in [0.15, 0.2) is 0 Å². The molecule has 2 heterocycles. The van der Waals surface area contributed by atoms with Gasteiger partial charge in [-0.1, -0.05) is 0 Å². The van der Waals surface area contributed by atoms with Crippen LogP contribution in [0.5, 0.6) is 0 Å². The molecule has 0 unspecified atom stereocenters. The summed E-state index contributed by atoms with van der Waals surface area (Å²) in [6.07, 6.45) is 1.61. The molecule has 0 spiro atoms. The van der Waals surface area contributed by atoms with Gasteiger partial charge < -0.3 is 19.3 Å². The molecule has 0 saturated carbocycles. The minimum absolute atomic E-state index is 0.220. The molecular formula is C16H22N2O3. The van der Waals surface area contributed by atoms with Crippen LogP contribution in [0.15, 0.2) is 18.2 Å². The number of benzene rings is 1. The second kappa shape index (κ2) is 6.45. The van der Waals surface area contributed by atoms with Crippen LogP contribution < -0.4 is 9.80 Å². The number of amides is 1. The van der Waals surface area contributed by atoms with E-state index in [9.17, 15) is 4.79 Å². The third-order valence-electron chi connectivity index (χ3n) is 4.10. The number of ether oxygens (including phenoxy) is 2. The Morgan fingerprint density at radius 1 is 1.24 bits per heavy atom. The Bertz CT molecular complexity index is 512. The predicted molar refractivity (Wildman–Crippen MR) is 81.8 cm³/mol. The molecule has 2 aliphatic heterocycles. The van der Waals surface area contributed by atoms with Gasteiger partial charge in [-0.15, -0.1) is 0 Å². The highest BCUT2D eigenvalue weighted by atomic mass is 16.5. The third-order valence-corrected chi connectivity index (χ3v) is 4.10. The van der Waals surface area contributed by atoms with E-state index in [2.05, 4.69) is 17.0 Å². The summed E-state index contributed by atoms with van der Waals surface area (Å²) in [6.45, 7) is 4.71. The van der Waals surface area contributed by atoms with Gasteiger partial charge in [-0.25, -0.2) is 0 Å². The average Bonchev–Trinajstić information content (AvgIpc) is 2.95. The van der Waals surface area contributed by atoms with E-state index in [0.29, 0.717) is 13.0 Å². The largest absolute Gasteiger partial charge is 0.380 e. The highest BCUT2D eigenvalue weighted by molar-refractivity contribution is 5.95. The number of rotatable bonds is 4. The Labute approximate surface area is 125 Å². The minimum Gasteiger partial charge on any atom is -0.380 e. The second-order valence-electron chi connectivity index (χ2n) is 5.49. The molecule has 5 nitrogen and oxygen atoms in total.